The molecule has 0 aromatic heterocycles. The molecule has 3 aromatic rings. The summed E-state index contributed by atoms with van der Waals surface area (Å²) in [5.74, 6) is -1.04. The van der Waals surface area contributed by atoms with Crippen LogP contribution in [0, 0.1) is 5.82 Å². The first-order valence-electron chi connectivity index (χ1n) is 13.4. The molecule has 2 atom stereocenters. The van der Waals surface area contributed by atoms with Crippen LogP contribution in [0.1, 0.15) is 59.4 Å². The Balaban J connectivity index is 1.86. The number of piperidine rings is 1. The number of rotatable bonds is 5. The molecule has 0 bridgehead atoms. The van der Waals surface area contributed by atoms with Crippen molar-refractivity contribution in [1.82, 2.24) is 4.90 Å². The lowest BCUT2D eigenvalue weighted by atomic mass is 9.87. The average Bonchev–Trinajstić information content (AvgIpc) is 2.87. The second-order valence-electron chi connectivity index (χ2n) is 12.2. The van der Waals surface area contributed by atoms with Crippen LogP contribution in [-0.2, 0) is 14.0 Å². The Labute approximate surface area is 232 Å². The van der Waals surface area contributed by atoms with Crippen molar-refractivity contribution in [2.75, 3.05) is 6.54 Å². The summed E-state index contributed by atoms with van der Waals surface area (Å²) in [6.45, 7) is 11.9. The predicted molar refractivity (Wildman–Crippen MR) is 154 cm³/mol. The van der Waals surface area contributed by atoms with Crippen molar-refractivity contribution >= 4 is 30.7 Å². The van der Waals surface area contributed by atoms with Gasteiger partial charge in [0.2, 0.25) is 5.91 Å². The molecule has 7 heteroatoms. The summed E-state index contributed by atoms with van der Waals surface area (Å²) >= 11 is 0. The van der Waals surface area contributed by atoms with E-state index < -0.39 is 26.1 Å². The van der Waals surface area contributed by atoms with Crippen LogP contribution < -0.4 is 10.4 Å². The third-order valence-electron chi connectivity index (χ3n) is 7.16. The van der Waals surface area contributed by atoms with Gasteiger partial charge in [0.1, 0.15) is 11.4 Å². The number of imide groups is 1. The monoisotopic (exact) mass is 547 g/mol. The number of amides is 2. The van der Waals surface area contributed by atoms with E-state index in [1.54, 1.807) is 32.9 Å². The molecule has 0 N–H and O–H groups in total. The zero-order valence-electron chi connectivity index (χ0n) is 23.6. The Morgan fingerprint density at radius 1 is 0.846 bits per heavy atom. The van der Waals surface area contributed by atoms with Crippen LogP contribution in [0.4, 0.5) is 9.18 Å². The normalized spacial score (nSPS) is 18.6. The van der Waals surface area contributed by atoms with E-state index >= 15 is 0 Å². The lowest BCUT2D eigenvalue weighted by Crippen LogP contribution is -2.69. The van der Waals surface area contributed by atoms with E-state index in [0.29, 0.717) is 0 Å². The van der Waals surface area contributed by atoms with E-state index in [1.165, 1.54) is 17.0 Å². The first kappa shape index (κ1) is 28.7. The minimum absolute atomic E-state index is 0.0420. The van der Waals surface area contributed by atoms with Crippen LogP contribution >= 0.6 is 0 Å². The van der Waals surface area contributed by atoms with Crippen LogP contribution in [-0.4, -0.2) is 43.5 Å². The summed E-state index contributed by atoms with van der Waals surface area (Å²) in [5, 5.41) is 1.89. The molecule has 3 aromatic carbocycles. The topological polar surface area (TPSA) is 55.8 Å². The summed E-state index contributed by atoms with van der Waals surface area (Å²) in [4.78, 5) is 27.7. The van der Waals surface area contributed by atoms with E-state index in [1.807, 2.05) is 36.4 Å². The Kier molecular flexibility index (Phi) is 8.14. The van der Waals surface area contributed by atoms with Crippen molar-refractivity contribution in [2.24, 2.45) is 0 Å². The molecule has 1 fully saturated rings. The van der Waals surface area contributed by atoms with Crippen molar-refractivity contribution in [3.63, 3.8) is 0 Å². The molecule has 0 radical (unpaired) electrons. The van der Waals surface area contributed by atoms with E-state index in [9.17, 15) is 14.0 Å². The highest BCUT2D eigenvalue weighted by molar-refractivity contribution is 6.99. The minimum Gasteiger partial charge on any atom is -0.443 e. The summed E-state index contributed by atoms with van der Waals surface area (Å²) in [5.41, 5.74) is 0.0519. The van der Waals surface area contributed by atoms with Gasteiger partial charge < -0.3 is 9.16 Å². The molecule has 0 aliphatic carbocycles. The fourth-order valence-electron chi connectivity index (χ4n) is 5.41. The molecule has 1 saturated heterocycles. The Bertz CT molecular complexity index is 1240. The van der Waals surface area contributed by atoms with Gasteiger partial charge in [-0.3, -0.25) is 4.79 Å². The van der Waals surface area contributed by atoms with Crippen LogP contribution in [0.2, 0.25) is 5.04 Å². The van der Waals surface area contributed by atoms with Crippen LogP contribution in [0.25, 0.3) is 0 Å². The maximum atomic E-state index is 13.9. The van der Waals surface area contributed by atoms with Gasteiger partial charge in [-0.25, -0.2) is 14.1 Å². The van der Waals surface area contributed by atoms with Gasteiger partial charge in [0.05, 0.1) is 12.6 Å². The highest BCUT2D eigenvalue weighted by atomic mass is 28.4. The van der Waals surface area contributed by atoms with E-state index in [-0.39, 0.29) is 35.6 Å². The van der Waals surface area contributed by atoms with Gasteiger partial charge in [-0.15, -0.1) is 0 Å². The molecule has 4 rings (SSSR count). The van der Waals surface area contributed by atoms with Crippen molar-refractivity contribution < 1.29 is 23.1 Å². The summed E-state index contributed by atoms with van der Waals surface area (Å²) in [6.07, 6.45) is -1.17. The SMILES string of the molecule is CC(C)(C)OC(=O)N1C[C@@H](O[Si](c2ccccc2)(c2ccccc2)C(C)(C)C)[C@H](c2ccc(F)cc2)CC1=O. The fraction of sp³-hybridized carbons (Fsp3) is 0.375. The average molecular weight is 548 g/mol. The van der Waals surface area contributed by atoms with Gasteiger partial charge in [-0.1, -0.05) is 93.6 Å². The summed E-state index contributed by atoms with van der Waals surface area (Å²) in [6, 6.07) is 26.7. The third kappa shape index (κ3) is 6.15. The van der Waals surface area contributed by atoms with Gasteiger partial charge in [0.15, 0.2) is 0 Å². The predicted octanol–water partition coefficient (Wildman–Crippen LogP) is 6.02. The van der Waals surface area contributed by atoms with Crippen LogP contribution in [0.3, 0.4) is 0 Å². The second-order valence-corrected chi connectivity index (χ2v) is 16.4. The zero-order valence-corrected chi connectivity index (χ0v) is 24.6. The number of hydrogen-bond donors (Lipinski definition) is 0. The standard InChI is InChI=1S/C32H38FNO4Si/c1-31(2,3)37-30(36)34-22-28(27(21-29(34)35)23-17-19-24(33)20-18-23)38-39(32(4,5)6,25-13-9-7-10-14-25)26-15-11-8-12-16-26/h7-20,27-28H,21-22H2,1-6H3/t27-,28+/m0/s1. The summed E-state index contributed by atoms with van der Waals surface area (Å²) in [7, 11) is -3.02. The molecule has 0 spiro atoms. The molecule has 1 heterocycles. The number of halogens is 1. The number of benzene rings is 3. The van der Waals surface area contributed by atoms with E-state index in [2.05, 4.69) is 45.0 Å². The Hall–Kier alpha value is -3.29. The number of hydrogen-bond acceptors (Lipinski definition) is 4. The number of ether oxygens (including phenoxy) is 1. The Morgan fingerprint density at radius 2 is 1.36 bits per heavy atom. The van der Waals surface area contributed by atoms with Crippen molar-refractivity contribution in [1.29, 1.82) is 0 Å². The van der Waals surface area contributed by atoms with Crippen LogP contribution in [0.15, 0.2) is 84.9 Å². The van der Waals surface area contributed by atoms with E-state index in [0.717, 1.165) is 15.9 Å². The van der Waals surface area contributed by atoms with Gasteiger partial charge in [-0.05, 0) is 53.9 Å². The Morgan fingerprint density at radius 3 is 1.82 bits per heavy atom. The van der Waals surface area contributed by atoms with Gasteiger partial charge in [0.25, 0.3) is 8.32 Å². The lowest BCUT2D eigenvalue weighted by molar-refractivity contribution is -0.136. The third-order valence-corrected chi connectivity index (χ3v) is 12.2. The van der Waals surface area contributed by atoms with Crippen LogP contribution in [0.5, 0.6) is 0 Å². The number of likely N-dealkylation sites (tertiary alicyclic amines) is 1. The second kappa shape index (κ2) is 11.1. The molecular weight excluding hydrogens is 509 g/mol. The minimum atomic E-state index is -3.02. The first-order chi connectivity index (χ1) is 18.3. The molecule has 39 heavy (non-hydrogen) atoms. The van der Waals surface area contributed by atoms with Gasteiger partial charge >= 0.3 is 6.09 Å². The highest BCUT2D eigenvalue weighted by Gasteiger charge is 2.54. The molecule has 5 nitrogen and oxygen atoms in total. The lowest BCUT2D eigenvalue weighted by Gasteiger charge is -2.48. The van der Waals surface area contributed by atoms with E-state index in [4.69, 9.17) is 9.16 Å². The molecule has 1 aliphatic rings. The van der Waals surface area contributed by atoms with Crippen molar-refractivity contribution in [2.45, 2.75) is 70.6 Å². The molecule has 1 aliphatic heterocycles. The fourth-order valence-corrected chi connectivity index (χ4v) is 10.1. The van der Waals surface area contributed by atoms with Gasteiger partial charge in [0, 0.05) is 12.3 Å². The largest absolute Gasteiger partial charge is 0.443 e. The summed E-state index contributed by atoms with van der Waals surface area (Å²) < 4.78 is 26.9. The quantitative estimate of drug-likeness (QED) is 0.367. The van der Waals surface area contributed by atoms with Gasteiger partial charge in [-0.2, -0.15) is 0 Å². The first-order valence-corrected chi connectivity index (χ1v) is 15.3. The molecular formula is C32H38FNO4Si. The number of carbonyl (C=O) groups is 2. The van der Waals surface area contributed by atoms with Crippen molar-refractivity contribution in [3.05, 3.63) is 96.3 Å². The van der Waals surface area contributed by atoms with Crippen molar-refractivity contribution in [3.8, 4) is 0 Å². The molecule has 0 unspecified atom stereocenters. The molecule has 0 saturated carbocycles. The number of carbonyl (C=O) groups excluding carboxylic acids is 2. The molecule has 2 amide bonds. The maximum absolute atomic E-state index is 13.9. The maximum Gasteiger partial charge on any atom is 0.417 e. The molecule has 206 valence electrons. The zero-order chi connectivity index (χ0) is 28.4. The highest BCUT2D eigenvalue weighted by Crippen LogP contribution is 2.41. The number of nitrogens with zero attached hydrogens (tertiary/aromatic N) is 1. The smallest absolute Gasteiger partial charge is 0.417 e.